The minimum atomic E-state index is -0.714. The molecule has 112 valence electrons. The molecule has 0 saturated carbocycles. The summed E-state index contributed by atoms with van der Waals surface area (Å²) >= 11 is 0. The van der Waals surface area contributed by atoms with Gasteiger partial charge in [-0.3, -0.25) is 0 Å². The molecule has 1 aromatic carbocycles. The van der Waals surface area contributed by atoms with Crippen LogP contribution in [0.3, 0.4) is 0 Å². The minimum absolute atomic E-state index is 0.224. The number of hydrogen-bond acceptors (Lipinski definition) is 5. The third-order valence-corrected chi connectivity index (χ3v) is 3.42. The van der Waals surface area contributed by atoms with Crippen molar-refractivity contribution in [3.63, 3.8) is 0 Å². The van der Waals surface area contributed by atoms with E-state index >= 15 is 0 Å². The summed E-state index contributed by atoms with van der Waals surface area (Å²) in [4.78, 5) is 0. The van der Waals surface area contributed by atoms with E-state index in [1.165, 1.54) is 0 Å². The Labute approximate surface area is 122 Å². The summed E-state index contributed by atoms with van der Waals surface area (Å²) in [7, 11) is 0. The van der Waals surface area contributed by atoms with Crippen molar-refractivity contribution in [3.05, 3.63) is 42.1 Å². The fourth-order valence-electron chi connectivity index (χ4n) is 2.38. The van der Waals surface area contributed by atoms with Crippen LogP contribution in [-0.2, 0) is 4.74 Å². The van der Waals surface area contributed by atoms with Gasteiger partial charge in [0.2, 0.25) is 12.2 Å². The van der Waals surface area contributed by atoms with Crippen LogP contribution in [0.2, 0.25) is 0 Å². The standard InChI is InChI=1S/C15H18N2O4/c1-10-7-14(17(16-10)11-5-3-2-4-6-11)21-15-8-12(19)13(9-18)20-15/h2-7,12-13,15,18-19H,8-9H2,1H3/t12-,13?,15?/m0/s1. The van der Waals surface area contributed by atoms with Gasteiger partial charge in [-0.05, 0) is 19.1 Å². The normalized spacial score (nSPS) is 25.2. The number of para-hydroxylation sites is 1. The van der Waals surface area contributed by atoms with Gasteiger partial charge >= 0.3 is 0 Å². The Morgan fingerprint density at radius 1 is 1.38 bits per heavy atom. The zero-order valence-corrected chi connectivity index (χ0v) is 11.7. The summed E-state index contributed by atoms with van der Waals surface area (Å²) < 4.78 is 12.9. The number of aliphatic hydroxyl groups is 2. The lowest BCUT2D eigenvalue weighted by atomic mass is 10.2. The highest BCUT2D eigenvalue weighted by Crippen LogP contribution is 2.26. The molecule has 0 radical (unpaired) electrons. The van der Waals surface area contributed by atoms with Crippen molar-refractivity contribution in [2.75, 3.05) is 6.61 Å². The predicted octanol–water partition coefficient (Wildman–Crippen LogP) is 1.03. The zero-order valence-electron chi connectivity index (χ0n) is 11.7. The van der Waals surface area contributed by atoms with E-state index in [2.05, 4.69) is 5.10 Å². The summed E-state index contributed by atoms with van der Waals surface area (Å²) in [5.41, 5.74) is 1.71. The van der Waals surface area contributed by atoms with E-state index in [0.717, 1.165) is 11.4 Å². The molecule has 0 spiro atoms. The molecule has 0 bridgehead atoms. The second-order valence-corrected chi connectivity index (χ2v) is 5.08. The predicted molar refractivity (Wildman–Crippen MR) is 75.3 cm³/mol. The third kappa shape index (κ3) is 2.92. The van der Waals surface area contributed by atoms with E-state index in [4.69, 9.17) is 14.6 Å². The van der Waals surface area contributed by atoms with Crippen molar-refractivity contribution in [1.29, 1.82) is 0 Å². The first-order valence-electron chi connectivity index (χ1n) is 6.90. The fourth-order valence-corrected chi connectivity index (χ4v) is 2.38. The van der Waals surface area contributed by atoms with E-state index in [1.807, 2.05) is 43.3 Å². The molecule has 1 aliphatic rings. The average molecular weight is 290 g/mol. The highest BCUT2D eigenvalue weighted by atomic mass is 16.7. The highest BCUT2D eigenvalue weighted by Gasteiger charge is 2.35. The summed E-state index contributed by atoms with van der Waals surface area (Å²) in [5.74, 6) is 0.550. The molecule has 2 N–H and O–H groups in total. The molecule has 1 aliphatic heterocycles. The topological polar surface area (TPSA) is 76.7 Å². The molecule has 1 saturated heterocycles. The Hall–Kier alpha value is -1.89. The second-order valence-electron chi connectivity index (χ2n) is 5.08. The zero-order chi connectivity index (χ0) is 14.8. The van der Waals surface area contributed by atoms with E-state index in [9.17, 15) is 5.11 Å². The van der Waals surface area contributed by atoms with Crippen LogP contribution in [0.15, 0.2) is 36.4 Å². The molecule has 1 fully saturated rings. The summed E-state index contributed by atoms with van der Waals surface area (Å²) in [6.07, 6.45) is -1.57. The van der Waals surface area contributed by atoms with Crippen LogP contribution in [0, 0.1) is 6.92 Å². The van der Waals surface area contributed by atoms with Gasteiger partial charge in [0.1, 0.15) is 6.10 Å². The van der Waals surface area contributed by atoms with Crippen LogP contribution in [0.5, 0.6) is 5.88 Å². The van der Waals surface area contributed by atoms with Crippen molar-refractivity contribution in [2.24, 2.45) is 0 Å². The van der Waals surface area contributed by atoms with Crippen molar-refractivity contribution >= 4 is 0 Å². The van der Waals surface area contributed by atoms with Crippen molar-refractivity contribution < 1.29 is 19.7 Å². The molecule has 1 aromatic heterocycles. The maximum atomic E-state index is 9.74. The van der Waals surface area contributed by atoms with E-state index in [0.29, 0.717) is 12.3 Å². The van der Waals surface area contributed by atoms with Crippen LogP contribution in [0.25, 0.3) is 5.69 Å². The quantitative estimate of drug-likeness (QED) is 0.879. The van der Waals surface area contributed by atoms with Crippen LogP contribution in [0.1, 0.15) is 12.1 Å². The molecule has 6 heteroatoms. The number of ether oxygens (including phenoxy) is 2. The lowest BCUT2D eigenvalue weighted by molar-refractivity contribution is -0.0955. The van der Waals surface area contributed by atoms with Gasteiger partial charge in [0, 0.05) is 12.5 Å². The van der Waals surface area contributed by atoms with Crippen LogP contribution in [-0.4, -0.2) is 45.1 Å². The molecule has 21 heavy (non-hydrogen) atoms. The molecular weight excluding hydrogens is 272 g/mol. The average Bonchev–Trinajstić information content (AvgIpc) is 3.02. The Morgan fingerprint density at radius 2 is 2.14 bits per heavy atom. The molecule has 0 aliphatic carbocycles. The van der Waals surface area contributed by atoms with Gasteiger partial charge in [-0.15, -0.1) is 0 Å². The Kier molecular flexibility index (Phi) is 3.92. The number of rotatable bonds is 4. The maximum absolute atomic E-state index is 9.74. The van der Waals surface area contributed by atoms with Crippen molar-refractivity contribution in [2.45, 2.75) is 31.8 Å². The number of benzene rings is 1. The monoisotopic (exact) mass is 290 g/mol. The number of aliphatic hydroxyl groups excluding tert-OH is 2. The molecule has 2 heterocycles. The smallest absolute Gasteiger partial charge is 0.219 e. The minimum Gasteiger partial charge on any atom is -0.448 e. The SMILES string of the molecule is Cc1cc(OC2C[C@H](O)C(CO)O2)n(-c2ccccc2)n1. The largest absolute Gasteiger partial charge is 0.448 e. The van der Waals surface area contributed by atoms with Gasteiger partial charge in [-0.1, -0.05) is 18.2 Å². The van der Waals surface area contributed by atoms with Gasteiger partial charge < -0.3 is 19.7 Å². The molecule has 0 amide bonds. The van der Waals surface area contributed by atoms with E-state index < -0.39 is 18.5 Å². The fraction of sp³-hybridized carbons (Fsp3) is 0.400. The number of aromatic nitrogens is 2. The Bertz CT molecular complexity index is 599. The first kappa shape index (κ1) is 14.1. The molecule has 3 rings (SSSR count). The van der Waals surface area contributed by atoms with E-state index in [1.54, 1.807) is 4.68 Å². The molecule has 2 aromatic rings. The van der Waals surface area contributed by atoms with Gasteiger partial charge in [0.05, 0.1) is 24.1 Å². The van der Waals surface area contributed by atoms with Crippen molar-refractivity contribution in [3.8, 4) is 11.6 Å². The maximum Gasteiger partial charge on any atom is 0.219 e. The molecule has 6 nitrogen and oxygen atoms in total. The number of hydrogen-bond donors (Lipinski definition) is 2. The lowest BCUT2D eigenvalue weighted by Gasteiger charge is -2.15. The number of aryl methyl sites for hydroxylation is 1. The molecule has 2 unspecified atom stereocenters. The summed E-state index contributed by atoms with van der Waals surface area (Å²) in [6.45, 7) is 1.66. The first-order valence-corrected chi connectivity index (χ1v) is 6.90. The van der Waals surface area contributed by atoms with Crippen LogP contribution in [0.4, 0.5) is 0 Å². The van der Waals surface area contributed by atoms with Crippen LogP contribution < -0.4 is 4.74 Å². The second kappa shape index (κ2) is 5.85. The van der Waals surface area contributed by atoms with Gasteiger partial charge in [0.15, 0.2) is 0 Å². The van der Waals surface area contributed by atoms with Gasteiger partial charge in [-0.25, -0.2) is 4.68 Å². The Balaban J connectivity index is 1.81. The number of nitrogens with zero attached hydrogens (tertiary/aromatic N) is 2. The summed E-state index contributed by atoms with van der Waals surface area (Å²) in [6, 6.07) is 11.5. The van der Waals surface area contributed by atoms with Gasteiger partial charge in [-0.2, -0.15) is 5.10 Å². The van der Waals surface area contributed by atoms with Crippen LogP contribution >= 0.6 is 0 Å². The molecular formula is C15H18N2O4. The Morgan fingerprint density at radius 3 is 2.81 bits per heavy atom. The highest BCUT2D eigenvalue weighted by molar-refractivity contribution is 5.35. The summed E-state index contributed by atoms with van der Waals surface area (Å²) in [5, 5.41) is 23.2. The van der Waals surface area contributed by atoms with Crippen molar-refractivity contribution in [1.82, 2.24) is 9.78 Å². The molecule has 3 atom stereocenters. The third-order valence-electron chi connectivity index (χ3n) is 3.42. The van der Waals surface area contributed by atoms with Gasteiger partial charge in [0.25, 0.3) is 0 Å². The van der Waals surface area contributed by atoms with E-state index in [-0.39, 0.29) is 6.61 Å². The lowest BCUT2D eigenvalue weighted by Crippen LogP contribution is -2.25. The first-order chi connectivity index (χ1) is 10.2.